The first kappa shape index (κ1) is 12.9. The molecule has 0 bridgehead atoms. The standard InChI is InChI=1S/C14H21N3O/c15-12-3-1-2-4-13(12)17-14(18)6-5-11-7-9-16-10-8-11/h1-4,11,16H,5-10,15H2,(H,17,18). The number of para-hydroxylation sites is 2. The van der Waals surface area contributed by atoms with Gasteiger partial charge in [0.15, 0.2) is 0 Å². The average molecular weight is 247 g/mol. The Labute approximate surface area is 108 Å². The number of nitrogens with one attached hydrogen (secondary N) is 2. The van der Waals surface area contributed by atoms with Gasteiger partial charge >= 0.3 is 0 Å². The fourth-order valence-corrected chi connectivity index (χ4v) is 2.33. The van der Waals surface area contributed by atoms with Gasteiger partial charge in [-0.1, -0.05) is 12.1 Å². The fraction of sp³-hybridized carbons (Fsp3) is 0.500. The zero-order valence-corrected chi connectivity index (χ0v) is 10.6. The first-order chi connectivity index (χ1) is 8.75. The molecule has 1 aromatic carbocycles. The van der Waals surface area contributed by atoms with Crippen molar-refractivity contribution in [2.45, 2.75) is 25.7 Å². The van der Waals surface area contributed by atoms with Gasteiger partial charge in [0, 0.05) is 6.42 Å². The van der Waals surface area contributed by atoms with Crippen LogP contribution in [-0.4, -0.2) is 19.0 Å². The number of carbonyl (C=O) groups is 1. The zero-order chi connectivity index (χ0) is 12.8. The smallest absolute Gasteiger partial charge is 0.224 e. The number of hydrogen-bond donors (Lipinski definition) is 3. The molecule has 1 aliphatic rings. The molecule has 1 aliphatic heterocycles. The van der Waals surface area contributed by atoms with E-state index in [9.17, 15) is 4.79 Å². The molecule has 0 atom stereocenters. The summed E-state index contributed by atoms with van der Waals surface area (Å²) in [4.78, 5) is 11.8. The molecule has 1 amide bonds. The lowest BCUT2D eigenvalue weighted by atomic mass is 9.93. The summed E-state index contributed by atoms with van der Waals surface area (Å²) in [5.41, 5.74) is 7.12. The van der Waals surface area contributed by atoms with E-state index in [1.165, 1.54) is 12.8 Å². The minimum atomic E-state index is 0.0615. The third kappa shape index (κ3) is 3.74. The van der Waals surface area contributed by atoms with Gasteiger partial charge in [0.25, 0.3) is 0 Å². The molecule has 1 fully saturated rings. The molecule has 4 nitrogen and oxygen atoms in total. The van der Waals surface area contributed by atoms with Crippen LogP contribution in [0.2, 0.25) is 0 Å². The fourth-order valence-electron chi connectivity index (χ4n) is 2.33. The van der Waals surface area contributed by atoms with Crippen molar-refractivity contribution in [3.63, 3.8) is 0 Å². The van der Waals surface area contributed by atoms with Crippen molar-refractivity contribution in [3.8, 4) is 0 Å². The number of hydrogen-bond acceptors (Lipinski definition) is 3. The van der Waals surface area contributed by atoms with Crippen LogP contribution in [0.5, 0.6) is 0 Å². The van der Waals surface area contributed by atoms with Gasteiger partial charge in [-0.05, 0) is 50.4 Å². The van der Waals surface area contributed by atoms with Gasteiger partial charge in [-0.2, -0.15) is 0 Å². The predicted octanol–water partition coefficient (Wildman–Crippen LogP) is 1.99. The van der Waals surface area contributed by atoms with Crippen LogP contribution in [0.3, 0.4) is 0 Å². The Morgan fingerprint density at radius 2 is 2.06 bits per heavy atom. The summed E-state index contributed by atoms with van der Waals surface area (Å²) >= 11 is 0. The van der Waals surface area contributed by atoms with Crippen LogP contribution < -0.4 is 16.4 Å². The van der Waals surface area contributed by atoms with E-state index in [1.807, 2.05) is 18.2 Å². The van der Waals surface area contributed by atoms with Crippen molar-refractivity contribution in [2.24, 2.45) is 5.92 Å². The van der Waals surface area contributed by atoms with Gasteiger partial charge in [-0.3, -0.25) is 4.79 Å². The van der Waals surface area contributed by atoms with E-state index in [1.54, 1.807) is 6.07 Å². The summed E-state index contributed by atoms with van der Waals surface area (Å²) in [6.45, 7) is 2.16. The monoisotopic (exact) mass is 247 g/mol. The Hall–Kier alpha value is -1.55. The highest BCUT2D eigenvalue weighted by molar-refractivity contribution is 5.93. The van der Waals surface area contributed by atoms with E-state index in [0.717, 1.165) is 19.5 Å². The quantitative estimate of drug-likeness (QED) is 0.713. The van der Waals surface area contributed by atoms with Crippen LogP contribution >= 0.6 is 0 Å². The normalized spacial score (nSPS) is 16.4. The summed E-state index contributed by atoms with van der Waals surface area (Å²) in [5.74, 6) is 0.747. The summed E-state index contributed by atoms with van der Waals surface area (Å²) in [6, 6.07) is 7.36. The van der Waals surface area contributed by atoms with Crippen LogP contribution in [0, 0.1) is 5.92 Å². The largest absolute Gasteiger partial charge is 0.397 e. The predicted molar refractivity (Wildman–Crippen MR) is 74.3 cm³/mol. The summed E-state index contributed by atoms with van der Waals surface area (Å²) in [6.07, 6.45) is 3.92. The van der Waals surface area contributed by atoms with Gasteiger partial charge in [0.1, 0.15) is 0 Å². The summed E-state index contributed by atoms with van der Waals surface area (Å²) in [7, 11) is 0. The number of carbonyl (C=O) groups excluding carboxylic acids is 1. The second kappa shape index (κ2) is 6.40. The van der Waals surface area contributed by atoms with Crippen molar-refractivity contribution in [3.05, 3.63) is 24.3 Å². The van der Waals surface area contributed by atoms with Gasteiger partial charge in [-0.25, -0.2) is 0 Å². The molecule has 0 radical (unpaired) electrons. The minimum absolute atomic E-state index is 0.0615. The lowest BCUT2D eigenvalue weighted by molar-refractivity contribution is -0.116. The van der Waals surface area contributed by atoms with Gasteiger partial charge in [0.2, 0.25) is 5.91 Å². The molecular weight excluding hydrogens is 226 g/mol. The van der Waals surface area contributed by atoms with Gasteiger partial charge in [0.05, 0.1) is 11.4 Å². The molecule has 0 aromatic heterocycles. The highest BCUT2D eigenvalue weighted by atomic mass is 16.1. The van der Waals surface area contributed by atoms with Crippen molar-refractivity contribution in [1.29, 1.82) is 0 Å². The maximum absolute atomic E-state index is 11.8. The van der Waals surface area contributed by atoms with Crippen LogP contribution in [0.25, 0.3) is 0 Å². The molecule has 1 saturated heterocycles. The zero-order valence-electron chi connectivity index (χ0n) is 10.6. The topological polar surface area (TPSA) is 67.1 Å². The Balaban J connectivity index is 1.76. The molecule has 1 aromatic rings. The number of nitrogens with two attached hydrogens (primary N) is 1. The van der Waals surface area contributed by atoms with E-state index >= 15 is 0 Å². The van der Waals surface area contributed by atoms with Crippen molar-refractivity contribution < 1.29 is 4.79 Å². The Bertz CT molecular complexity index is 400. The van der Waals surface area contributed by atoms with Crippen molar-refractivity contribution in [2.75, 3.05) is 24.1 Å². The van der Waals surface area contributed by atoms with Crippen LogP contribution in [0.4, 0.5) is 11.4 Å². The highest BCUT2D eigenvalue weighted by Crippen LogP contribution is 2.20. The van der Waals surface area contributed by atoms with E-state index < -0.39 is 0 Å². The molecule has 98 valence electrons. The number of nitrogen functional groups attached to an aromatic ring is 1. The number of piperidine rings is 1. The first-order valence-corrected chi connectivity index (χ1v) is 6.61. The highest BCUT2D eigenvalue weighted by Gasteiger charge is 2.14. The lowest BCUT2D eigenvalue weighted by Gasteiger charge is -2.22. The maximum atomic E-state index is 11.8. The van der Waals surface area contributed by atoms with Gasteiger partial charge in [-0.15, -0.1) is 0 Å². The Morgan fingerprint density at radius 1 is 1.33 bits per heavy atom. The third-order valence-electron chi connectivity index (χ3n) is 3.47. The SMILES string of the molecule is Nc1ccccc1NC(=O)CCC1CCNCC1. The lowest BCUT2D eigenvalue weighted by Crippen LogP contribution is -2.28. The molecule has 0 saturated carbocycles. The first-order valence-electron chi connectivity index (χ1n) is 6.61. The molecule has 1 heterocycles. The summed E-state index contributed by atoms with van der Waals surface area (Å²) < 4.78 is 0. The van der Waals surface area contributed by atoms with Crippen molar-refractivity contribution >= 4 is 17.3 Å². The molecular formula is C14H21N3O. The van der Waals surface area contributed by atoms with E-state index in [0.29, 0.717) is 23.7 Å². The average Bonchev–Trinajstić information content (AvgIpc) is 2.40. The van der Waals surface area contributed by atoms with E-state index in [4.69, 9.17) is 5.73 Å². The minimum Gasteiger partial charge on any atom is -0.397 e. The van der Waals surface area contributed by atoms with Crippen LogP contribution in [0.15, 0.2) is 24.3 Å². The molecule has 0 unspecified atom stereocenters. The van der Waals surface area contributed by atoms with E-state index in [2.05, 4.69) is 10.6 Å². The maximum Gasteiger partial charge on any atom is 0.224 e. The Morgan fingerprint density at radius 3 is 2.78 bits per heavy atom. The summed E-state index contributed by atoms with van der Waals surface area (Å²) in [5, 5.41) is 6.20. The second-order valence-electron chi connectivity index (χ2n) is 4.87. The molecule has 0 aliphatic carbocycles. The molecule has 2 rings (SSSR count). The van der Waals surface area contributed by atoms with Crippen LogP contribution in [0.1, 0.15) is 25.7 Å². The third-order valence-corrected chi connectivity index (χ3v) is 3.47. The van der Waals surface area contributed by atoms with Crippen molar-refractivity contribution in [1.82, 2.24) is 5.32 Å². The van der Waals surface area contributed by atoms with Gasteiger partial charge < -0.3 is 16.4 Å². The molecule has 4 N–H and O–H groups in total. The number of benzene rings is 1. The number of rotatable bonds is 4. The van der Waals surface area contributed by atoms with E-state index in [-0.39, 0.29) is 5.91 Å². The Kier molecular flexibility index (Phi) is 4.59. The molecule has 18 heavy (non-hydrogen) atoms. The number of amides is 1. The van der Waals surface area contributed by atoms with Crippen LogP contribution in [-0.2, 0) is 4.79 Å². The number of anilines is 2. The molecule has 0 spiro atoms. The second-order valence-corrected chi connectivity index (χ2v) is 4.87. The molecule has 4 heteroatoms.